The minimum atomic E-state index is 0.365. The van der Waals surface area contributed by atoms with Crippen LogP contribution in [0.5, 0.6) is 0 Å². The quantitative estimate of drug-likeness (QED) is 0.616. The van der Waals surface area contributed by atoms with Crippen LogP contribution >= 0.6 is 23.4 Å². The first-order valence-corrected chi connectivity index (χ1v) is 7.24. The molecule has 2 rings (SSSR count). The SMILES string of the molecule is O=C=NCc1ccc(C2CCSCC2)c(Cl)c1. The molecule has 1 fully saturated rings. The van der Waals surface area contributed by atoms with Crippen molar-refractivity contribution < 1.29 is 4.79 Å². The summed E-state index contributed by atoms with van der Waals surface area (Å²) >= 11 is 8.31. The molecule has 0 saturated carbocycles. The van der Waals surface area contributed by atoms with Crippen LogP contribution < -0.4 is 0 Å². The van der Waals surface area contributed by atoms with Gasteiger partial charge in [-0.3, -0.25) is 0 Å². The lowest BCUT2D eigenvalue weighted by atomic mass is 9.93. The molecule has 90 valence electrons. The third-order valence-corrected chi connectivity index (χ3v) is 4.43. The number of rotatable bonds is 3. The minimum Gasteiger partial charge on any atom is -0.211 e. The first kappa shape index (κ1) is 12.7. The Morgan fingerprint density at radius 3 is 2.82 bits per heavy atom. The van der Waals surface area contributed by atoms with E-state index in [0.717, 1.165) is 10.6 Å². The van der Waals surface area contributed by atoms with Crippen LogP contribution in [0.15, 0.2) is 23.2 Å². The Hall–Kier alpha value is -0.760. The van der Waals surface area contributed by atoms with Gasteiger partial charge < -0.3 is 0 Å². The third kappa shape index (κ3) is 3.35. The minimum absolute atomic E-state index is 0.365. The fraction of sp³-hybridized carbons (Fsp3) is 0.462. The molecule has 1 heterocycles. The largest absolute Gasteiger partial charge is 0.235 e. The predicted molar refractivity (Wildman–Crippen MR) is 72.6 cm³/mol. The zero-order valence-electron chi connectivity index (χ0n) is 9.49. The summed E-state index contributed by atoms with van der Waals surface area (Å²) in [5.74, 6) is 3.03. The molecule has 0 aliphatic carbocycles. The maximum atomic E-state index is 10.1. The van der Waals surface area contributed by atoms with E-state index >= 15 is 0 Å². The number of halogens is 1. The van der Waals surface area contributed by atoms with E-state index < -0.39 is 0 Å². The number of nitrogens with zero attached hydrogens (tertiary/aromatic N) is 1. The van der Waals surface area contributed by atoms with Crippen molar-refractivity contribution in [2.45, 2.75) is 25.3 Å². The molecule has 1 aromatic carbocycles. The van der Waals surface area contributed by atoms with Crippen LogP contribution in [0.4, 0.5) is 0 Å². The van der Waals surface area contributed by atoms with Gasteiger partial charge in [0.05, 0.1) is 6.54 Å². The summed E-state index contributed by atoms with van der Waals surface area (Å²) < 4.78 is 0. The highest BCUT2D eigenvalue weighted by atomic mass is 35.5. The number of aliphatic imine (C=N–C) groups is 1. The normalized spacial score (nSPS) is 16.5. The van der Waals surface area contributed by atoms with Gasteiger partial charge in [-0.05, 0) is 47.5 Å². The van der Waals surface area contributed by atoms with Gasteiger partial charge in [-0.15, -0.1) is 0 Å². The molecule has 1 saturated heterocycles. The average molecular weight is 268 g/mol. The van der Waals surface area contributed by atoms with Crippen LogP contribution in [0, 0.1) is 0 Å². The molecule has 0 spiro atoms. The number of benzene rings is 1. The summed E-state index contributed by atoms with van der Waals surface area (Å²) in [7, 11) is 0. The topological polar surface area (TPSA) is 29.4 Å². The second-order valence-electron chi connectivity index (χ2n) is 4.15. The molecule has 0 radical (unpaired) electrons. The van der Waals surface area contributed by atoms with Crippen LogP contribution in [0.3, 0.4) is 0 Å². The van der Waals surface area contributed by atoms with Crippen molar-refractivity contribution in [3.05, 3.63) is 34.3 Å². The average Bonchev–Trinajstić information content (AvgIpc) is 2.37. The maximum Gasteiger partial charge on any atom is 0.235 e. The lowest BCUT2D eigenvalue weighted by molar-refractivity contribution is 0.563. The Morgan fingerprint density at radius 1 is 1.41 bits per heavy atom. The molecule has 1 aliphatic heterocycles. The van der Waals surface area contributed by atoms with Crippen LogP contribution in [0.1, 0.15) is 29.9 Å². The molecule has 0 N–H and O–H groups in total. The molecule has 4 heteroatoms. The van der Waals surface area contributed by atoms with Crippen molar-refractivity contribution in [2.75, 3.05) is 11.5 Å². The van der Waals surface area contributed by atoms with E-state index in [1.54, 1.807) is 6.08 Å². The summed E-state index contributed by atoms with van der Waals surface area (Å²) in [6.45, 7) is 0.365. The van der Waals surface area contributed by atoms with E-state index in [9.17, 15) is 4.79 Å². The van der Waals surface area contributed by atoms with Crippen molar-refractivity contribution in [1.29, 1.82) is 0 Å². The molecular formula is C13H14ClNOS. The highest BCUT2D eigenvalue weighted by Crippen LogP contribution is 2.35. The number of hydrogen-bond donors (Lipinski definition) is 0. The second-order valence-corrected chi connectivity index (χ2v) is 5.78. The van der Waals surface area contributed by atoms with Gasteiger partial charge in [0.15, 0.2) is 0 Å². The van der Waals surface area contributed by atoms with E-state index in [4.69, 9.17) is 11.6 Å². The monoisotopic (exact) mass is 267 g/mol. The molecule has 1 aromatic rings. The highest BCUT2D eigenvalue weighted by molar-refractivity contribution is 7.99. The number of thioether (sulfide) groups is 1. The molecule has 17 heavy (non-hydrogen) atoms. The fourth-order valence-electron chi connectivity index (χ4n) is 2.13. The molecule has 1 aliphatic rings. The Bertz CT molecular complexity index is 437. The van der Waals surface area contributed by atoms with E-state index in [2.05, 4.69) is 11.1 Å². The number of isocyanates is 1. The Balaban J connectivity index is 2.15. The summed E-state index contributed by atoms with van der Waals surface area (Å²) in [5.41, 5.74) is 2.21. The van der Waals surface area contributed by atoms with E-state index in [0.29, 0.717) is 12.5 Å². The third-order valence-electron chi connectivity index (χ3n) is 3.05. The van der Waals surface area contributed by atoms with Gasteiger partial charge in [0.25, 0.3) is 0 Å². The van der Waals surface area contributed by atoms with Gasteiger partial charge in [0.2, 0.25) is 6.08 Å². The molecule has 0 amide bonds. The standard InChI is InChI=1S/C13H14ClNOS/c14-13-7-10(8-15-9-16)1-2-12(13)11-3-5-17-6-4-11/h1-2,7,11H,3-6,8H2. The Labute approximate surface area is 110 Å². The first-order valence-electron chi connectivity index (χ1n) is 5.71. The zero-order chi connectivity index (χ0) is 12.1. The lowest BCUT2D eigenvalue weighted by Crippen LogP contribution is -2.08. The van der Waals surface area contributed by atoms with Crippen molar-refractivity contribution >= 4 is 29.4 Å². The lowest BCUT2D eigenvalue weighted by Gasteiger charge is -2.22. The molecule has 0 atom stereocenters. The molecule has 0 bridgehead atoms. The van der Waals surface area contributed by atoms with Crippen LogP contribution in [-0.2, 0) is 11.3 Å². The molecule has 2 nitrogen and oxygen atoms in total. The van der Waals surface area contributed by atoms with E-state index in [-0.39, 0.29) is 0 Å². The highest BCUT2D eigenvalue weighted by Gasteiger charge is 2.18. The number of carbonyl (C=O) groups excluding carboxylic acids is 1. The zero-order valence-corrected chi connectivity index (χ0v) is 11.1. The predicted octanol–water partition coefficient (Wildman–Crippen LogP) is 3.79. The molecule has 0 unspecified atom stereocenters. The van der Waals surface area contributed by atoms with Crippen LogP contribution in [0.2, 0.25) is 5.02 Å². The smallest absolute Gasteiger partial charge is 0.211 e. The van der Waals surface area contributed by atoms with Crippen molar-refractivity contribution in [1.82, 2.24) is 0 Å². The Morgan fingerprint density at radius 2 is 2.18 bits per heavy atom. The second kappa shape index (κ2) is 6.25. The van der Waals surface area contributed by atoms with Crippen molar-refractivity contribution in [3.8, 4) is 0 Å². The van der Waals surface area contributed by atoms with Gasteiger partial charge in [-0.25, -0.2) is 9.79 Å². The van der Waals surface area contributed by atoms with Crippen molar-refractivity contribution in [3.63, 3.8) is 0 Å². The van der Waals surface area contributed by atoms with E-state index in [1.807, 2.05) is 23.9 Å². The summed E-state index contributed by atoms with van der Waals surface area (Å²) in [6.07, 6.45) is 3.95. The summed E-state index contributed by atoms with van der Waals surface area (Å²) in [6, 6.07) is 6.00. The van der Waals surface area contributed by atoms with Crippen molar-refractivity contribution in [2.24, 2.45) is 4.99 Å². The first-order chi connectivity index (χ1) is 8.31. The van der Waals surface area contributed by atoms with Gasteiger partial charge in [-0.1, -0.05) is 23.7 Å². The summed E-state index contributed by atoms with van der Waals surface area (Å²) in [4.78, 5) is 13.6. The van der Waals surface area contributed by atoms with Crippen LogP contribution in [-0.4, -0.2) is 17.6 Å². The summed E-state index contributed by atoms with van der Waals surface area (Å²) in [5, 5.41) is 0.806. The van der Waals surface area contributed by atoms with Crippen LogP contribution in [0.25, 0.3) is 0 Å². The maximum absolute atomic E-state index is 10.1. The van der Waals surface area contributed by atoms with Gasteiger partial charge >= 0.3 is 0 Å². The van der Waals surface area contributed by atoms with Gasteiger partial charge in [-0.2, -0.15) is 11.8 Å². The van der Waals surface area contributed by atoms with E-state index in [1.165, 1.54) is 29.9 Å². The van der Waals surface area contributed by atoms with Gasteiger partial charge in [0.1, 0.15) is 0 Å². The van der Waals surface area contributed by atoms with Gasteiger partial charge in [0, 0.05) is 5.02 Å². The molecular weight excluding hydrogens is 254 g/mol. The molecule has 0 aromatic heterocycles. The Kier molecular flexibility index (Phi) is 4.66. The fourth-order valence-corrected chi connectivity index (χ4v) is 3.60. The number of hydrogen-bond acceptors (Lipinski definition) is 3.